The van der Waals surface area contributed by atoms with Crippen molar-refractivity contribution in [3.8, 4) is 5.75 Å². The van der Waals surface area contributed by atoms with Crippen molar-refractivity contribution in [3.05, 3.63) is 40.4 Å². The minimum absolute atomic E-state index is 0.0904. The summed E-state index contributed by atoms with van der Waals surface area (Å²) in [5.74, 6) is 0.707. The van der Waals surface area contributed by atoms with E-state index >= 15 is 0 Å². The van der Waals surface area contributed by atoms with Gasteiger partial charge in [0, 0.05) is 0 Å². The first-order chi connectivity index (χ1) is 10.5. The van der Waals surface area contributed by atoms with Crippen LogP contribution in [0, 0.1) is 0 Å². The van der Waals surface area contributed by atoms with Gasteiger partial charge in [0.2, 0.25) is 0 Å². The van der Waals surface area contributed by atoms with Gasteiger partial charge in [-0.25, -0.2) is 0 Å². The molecule has 0 aliphatic heterocycles. The first kappa shape index (κ1) is 16.4. The lowest BCUT2D eigenvalue weighted by atomic mass is 10.1. The van der Waals surface area contributed by atoms with Crippen LogP contribution in [0.25, 0.3) is 0 Å². The molecule has 1 heterocycles. The molecule has 118 valence electrons. The number of aromatic nitrogens is 2. The Morgan fingerprint density at radius 3 is 2.55 bits per heavy atom. The lowest BCUT2D eigenvalue weighted by Gasteiger charge is -2.15. The maximum Gasteiger partial charge on any atom is 0.265 e. The molecule has 22 heavy (non-hydrogen) atoms. The fourth-order valence-electron chi connectivity index (χ4n) is 2.07. The number of carbonyl (C=O) groups excluding carboxylic acids is 1. The van der Waals surface area contributed by atoms with E-state index in [2.05, 4.69) is 14.9 Å². The van der Waals surface area contributed by atoms with Crippen LogP contribution in [0.3, 0.4) is 0 Å². The summed E-state index contributed by atoms with van der Waals surface area (Å²) in [5, 5.41) is 6.95. The van der Waals surface area contributed by atoms with Crippen LogP contribution < -0.4 is 10.1 Å². The Kier molecular flexibility index (Phi) is 5.49. The Hall–Kier alpha value is -1.95. The standard InChI is InChI=1S/C16H21N3O2S/c1-5-14-15(22-19-18-14)16(20)17-11(4)12-6-8-13(9-7-12)21-10(2)3/h6-11H,5H2,1-4H3,(H,17,20). The van der Waals surface area contributed by atoms with Gasteiger partial charge >= 0.3 is 0 Å². The highest BCUT2D eigenvalue weighted by Gasteiger charge is 2.17. The molecule has 5 nitrogen and oxygen atoms in total. The molecule has 0 radical (unpaired) electrons. The Morgan fingerprint density at radius 1 is 1.27 bits per heavy atom. The van der Waals surface area contributed by atoms with Gasteiger partial charge in [-0.3, -0.25) is 4.79 Å². The zero-order chi connectivity index (χ0) is 16.1. The Morgan fingerprint density at radius 2 is 1.95 bits per heavy atom. The predicted octanol–water partition coefficient (Wildman–Crippen LogP) is 3.38. The first-order valence-corrected chi connectivity index (χ1v) is 8.17. The van der Waals surface area contributed by atoms with Crippen LogP contribution in [-0.4, -0.2) is 21.6 Å². The van der Waals surface area contributed by atoms with Gasteiger partial charge in [-0.2, -0.15) is 0 Å². The number of benzene rings is 1. The molecule has 0 saturated carbocycles. The molecule has 6 heteroatoms. The van der Waals surface area contributed by atoms with Crippen LogP contribution in [0.4, 0.5) is 0 Å². The monoisotopic (exact) mass is 319 g/mol. The van der Waals surface area contributed by atoms with Crippen LogP contribution in [0.1, 0.15) is 54.7 Å². The quantitative estimate of drug-likeness (QED) is 0.886. The second-order valence-corrected chi connectivity index (χ2v) is 6.09. The number of carbonyl (C=O) groups is 1. The maximum absolute atomic E-state index is 12.3. The van der Waals surface area contributed by atoms with Crippen molar-refractivity contribution < 1.29 is 9.53 Å². The third-order valence-electron chi connectivity index (χ3n) is 3.20. The molecule has 1 amide bonds. The van der Waals surface area contributed by atoms with Gasteiger partial charge in [0.25, 0.3) is 5.91 Å². The summed E-state index contributed by atoms with van der Waals surface area (Å²) >= 11 is 1.14. The van der Waals surface area contributed by atoms with Crippen LogP contribution in [0.5, 0.6) is 5.75 Å². The van der Waals surface area contributed by atoms with E-state index in [9.17, 15) is 4.79 Å². The van der Waals surface area contributed by atoms with Crippen molar-refractivity contribution >= 4 is 17.4 Å². The number of hydrogen-bond donors (Lipinski definition) is 1. The average molecular weight is 319 g/mol. The van der Waals surface area contributed by atoms with Crippen LogP contribution >= 0.6 is 11.5 Å². The van der Waals surface area contributed by atoms with Crippen molar-refractivity contribution in [2.75, 3.05) is 0 Å². The molecular weight excluding hydrogens is 298 g/mol. The van der Waals surface area contributed by atoms with E-state index in [4.69, 9.17) is 4.74 Å². The summed E-state index contributed by atoms with van der Waals surface area (Å²) in [6.07, 6.45) is 0.851. The fourth-order valence-corrected chi connectivity index (χ4v) is 2.72. The van der Waals surface area contributed by atoms with E-state index in [-0.39, 0.29) is 18.1 Å². The summed E-state index contributed by atoms with van der Waals surface area (Å²) in [6, 6.07) is 7.68. The average Bonchev–Trinajstić information content (AvgIpc) is 2.95. The number of rotatable bonds is 6. The lowest BCUT2D eigenvalue weighted by Crippen LogP contribution is -2.26. The van der Waals surface area contributed by atoms with E-state index in [1.54, 1.807) is 0 Å². The van der Waals surface area contributed by atoms with Crippen LogP contribution in [0.15, 0.2) is 24.3 Å². The highest BCUT2D eigenvalue weighted by atomic mass is 32.1. The SMILES string of the molecule is CCc1nnsc1C(=O)NC(C)c1ccc(OC(C)C)cc1. The van der Waals surface area contributed by atoms with E-state index in [0.717, 1.165) is 28.5 Å². The van der Waals surface area contributed by atoms with Gasteiger partial charge < -0.3 is 10.1 Å². The number of aryl methyl sites for hydroxylation is 1. The molecular formula is C16H21N3O2S. The molecule has 1 unspecified atom stereocenters. The van der Waals surface area contributed by atoms with E-state index in [1.165, 1.54) is 0 Å². The molecule has 0 aliphatic carbocycles. The predicted molar refractivity (Wildman–Crippen MR) is 87.4 cm³/mol. The summed E-state index contributed by atoms with van der Waals surface area (Å²) < 4.78 is 9.46. The normalized spacial score (nSPS) is 12.2. The van der Waals surface area contributed by atoms with Gasteiger partial charge in [0.05, 0.1) is 17.8 Å². The van der Waals surface area contributed by atoms with Gasteiger partial charge in [0.1, 0.15) is 10.6 Å². The van der Waals surface area contributed by atoms with E-state index in [1.807, 2.05) is 52.0 Å². The topological polar surface area (TPSA) is 64.1 Å². The number of nitrogens with one attached hydrogen (secondary N) is 1. The Balaban J connectivity index is 2.02. The lowest BCUT2D eigenvalue weighted by molar-refractivity contribution is 0.0943. The second-order valence-electron chi connectivity index (χ2n) is 5.33. The molecule has 0 bridgehead atoms. The smallest absolute Gasteiger partial charge is 0.265 e. The number of amides is 1. The summed E-state index contributed by atoms with van der Waals surface area (Å²) in [4.78, 5) is 12.9. The van der Waals surface area contributed by atoms with E-state index in [0.29, 0.717) is 11.3 Å². The Labute approximate surface area is 134 Å². The number of ether oxygens (including phenoxy) is 1. The minimum atomic E-state index is -0.123. The van der Waals surface area contributed by atoms with Gasteiger partial charge in [-0.05, 0) is 56.4 Å². The molecule has 1 N–H and O–H groups in total. The highest BCUT2D eigenvalue weighted by molar-refractivity contribution is 7.08. The molecule has 0 spiro atoms. The molecule has 2 rings (SSSR count). The number of hydrogen-bond acceptors (Lipinski definition) is 5. The van der Waals surface area contributed by atoms with Crippen molar-refractivity contribution in [2.24, 2.45) is 0 Å². The zero-order valence-corrected chi connectivity index (χ0v) is 14.1. The molecule has 1 aromatic heterocycles. The first-order valence-electron chi connectivity index (χ1n) is 7.40. The summed E-state index contributed by atoms with van der Waals surface area (Å²) in [5.41, 5.74) is 1.77. The zero-order valence-electron chi connectivity index (χ0n) is 13.3. The minimum Gasteiger partial charge on any atom is -0.491 e. The van der Waals surface area contributed by atoms with E-state index < -0.39 is 0 Å². The Bertz CT molecular complexity index is 623. The molecule has 0 fully saturated rings. The van der Waals surface area contributed by atoms with Crippen molar-refractivity contribution in [3.63, 3.8) is 0 Å². The molecule has 2 aromatic rings. The maximum atomic E-state index is 12.3. The molecule has 0 aliphatic rings. The second kappa shape index (κ2) is 7.35. The van der Waals surface area contributed by atoms with Crippen molar-refractivity contribution in [1.29, 1.82) is 0 Å². The molecule has 1 aromatic carbocycles. The largest absolute Gasteiger partial charge is 0.491 e. The molecule has 0 saturated heterocycles. The van der Waals surface area contributed by atoms with Crippen molar-refractivity contribution in [2.45, 2.75) is 46.3 Å². The van der Waals surface area contributed by atoms with Gasteiger partial charge in [-0.1, -0.05) is 23.5 Å². The van der Waals surface area contributed by atoms with Crippen LogP contribution in [-0.2, 0) is 6.42 Å². The van der Waals surface area contributed by atoms with Crippen LogP contribution in [0.2, 0.25) is 0 Å². The highest BCUT2D eigenvalue weighted by Crippen LogP contribution is 2.20. The summed E-state index contributed by atoms with van der Waals surface area (Å²) in [7, 11) is 0. The van der Waals surface area contributed by atoms with Gasteiger partial charge in [-0.15, -0.1) is 5.10 Å². The molecule has 1 atom stereocenters. The number of nitrogens with zero attached hydrogens (tertiary/aromatic N) is 2. The van der Waals surface area contributed by atoms with Gasteiger partial charge in [0.15, 0.2) is 0 Å². The summed E-state index contributed by atoms with van der Waals surface area (Å²) in [6.45, 7) is 7.90. The fraction of sp³-hybridized carbons (Fsp3) is 0.438. The third-order valence-corrected chi connectivity index (χ3v) is 3.96. The van der Waals surface area contributed by atoms with Crippen molar-refractivity contribution in [1.82, 2.24) is 14.9 Å². The third kappa shape index (κ3) is 4.04.